The SMILES string of the molecule is N#Cc1cc(F)cc(NN=C(C(=O)O)C(=O)CCc2ccccc2)c1. The molecular formula is C18H14FN3O3. The fourth-order valence-electron chi connectivity index (χ4n) is 2.09. The molecule has 0 radical (unpaired) electrons. The molecule has 7 heteroatoms. The first-order chi connectivity index (χ1) is 12.0. The zero-order chi connectivity index (χ0) is 18.2. The van der Waals surface area contributed by atoms with Crippen LogP contribution in [0.4, 0.5) is 10.1 Å². The molecule has 2 aromatic carbocycles. The number of ketones is 1. The normalized spacial score (nSPS) is 10.8. The number of hydrogen-bond donors (Lipinski definition) is 2. The van der Waals surface area contributed by atoms with Gasteiger partial charge in [0, 0.05) is 6.42 Å². The molecule has 2 rings (SSSR count). The minimum Gasteiger partial charge on any atom is -0.476 e. The lowest BCUT2D eigenvalue weighted by atomic mass is 10.1. The first-order valence-corrected chi connectivity index (χ1v) is 7.34. The van der Waals surface area contributed by atoms with Crippen molar-refractivity contribution in [1.29, 1.82) is 5.26 Å². The van der Waals surface area contributed by atoms with Crippen molar-refractivity contribution >= 4 is 23.2 Å². The summed E-state index contributed by atoms with van der Waals surface area (Å²) in [7, 11) is 0. The van der Waals surface area contributed by atoms with Crippen LogP contribution < -0.4 is 5.43 Å². The summed E-state index contributed by atoms with van der Waals surface area (Å²) < 4.78 is 13.3. The summed E-state index contributed by atoms with van der Waals surface area (Å²) in [6.07, 6.45) is 0.355. The Hall–Kier alpha value is -3.53. The summed E-state index contributed by atoms with van der Waals surface area (Å²) >= 11 is 0. The van der Waals surface area contributed by atoms with Gasteiger partial charge >= 0.3 is 5.97 Å². The van der Waals surface area contributed by atoms with Crippen molar-refractivity contribution in [3.63, 3.8) is 0 Å². The van der Waals surface area contributed by atoms with Crippen LogP contribution in [0.5, 0.6) is 0 Å². The molecule has 126 valence electrons. The largest absolute Gasteiger partial charge is 0.476 e. The highest BCUT2D eigenvalue weighted by Crippen LogP contribution is 2.13. The fourth-order valence-corrected chi connectivity index (χ4v) is 2.09. The van der Waals surface area contributed by atoms with Crippen molar-refractivity contribution in [2.45, 2.75) is 12.8 Å². The summed E-state index contributed by atoms with van der Waals surface area (Å²) in [4.78, 5) is 23.3. The highest BCUT2D eigenvalue weighted by molar-refractivity contribution is 6.64. The Labute approximate surface area is 143 Å². The van der Waals surface area contributed by atoms with Crippen molar-refractivity contribution in [2.24, 2.45) is 5.10 Å². The smallest absolute Gasteiger partial charge is 0.360 e. The Morgan fingerprint density at radius 1 is 1.20 bits per heavy atom. The second-order valence-electron chi connectivity index (χ2n) is 5.13. The zero-order valence-corrected chi connectivity index (χ0v) is 13.1. The van der Waals surface area contributed by atoms with Crippen LogP contribution in [0.25, 0.3) is 0 Å². The second-order valence-corrected chi connectivity index (χ2v) is 5.13. The van der Waals surface area contributed by atoms with Gasteiger partial charge in [0.2, 0.25) is 5.71 Å². The molecule has 6 nitrogen and oxygen atoms in total. The minimum absolute atomic E-state index is 0.0244. The van der Waals surface area contributed by atoms with Crippen molar-refractivity contribution in [1.82, 2.24) is 0 Å². The fraction of sp³-hybridized carbons (Fsp3) is 0.111. The van der Waals surface area contributed by atoms with Crippen LogP contribution in [0, 0.1) is 17.1 Å². The van der Waals surface area contributed by atoms with E-state index in [4.69, 9.17) is 10.4 Å². The van der Waals surface area contributed by atoms with Crippen molar-refractivity contribution in [3.05, 3.63) is 65.5 Å². The number of aryl methyl sites for hydroxylation is 1. The van der Waals surface area contributed by atoms with E-state index in [2.05, 4.69) is 10.5 Å². The molecule has 2 aromatic rings. The summed E-state index contributed by atoms with van der Waals surface area (Å²) in [5.41, 5.74) is 2.66. The third-order valence-corrected chi connectivity index (χ3v) is 3.27. The second kappa shape index (κ2) is 8.36. The summed E-state index contributed by atoms with van der Waals surface area (Å²) in [5, 5.41) is 21.5. The summed E-state index contributed by atoms with van der Waals surface area (Å²) in [6, 6.07) is 14.3. The molecule has 0 saturated heterocycles. The monoisotopic (exact) mass is 339 g/mol. The lowest BCUT2D eigenvalue weighted by Gasteiger charge is -2.05. The van der Waals surface area contributed by atoms with E-state index in [0.717, 1.165) is 17.7 Å². The van der Waals surface area contributed by atoms with Gasteiger partial charge in [0.1, 0.15) is 5.82 Å². The average Bonchev–Trinajstić information content (AvgIpc) is 2.60. The topological polar surface area (TPSA) is 103 Å². The molecule has 0 heterocycles. The first-order valence-electron chi connectivity index (χ1n) is 7.34. The average molecular weight is 339 g/mol. The number of Topliss-reactive ketones (excluding diaryl/α,β-unsaturated/α-hetero) is 1. The molecule has 0 aromatic heterocycles. The van der Waals surface area contributed by atoms with Gasteiger partial charge < -0.3 is 5.11 Å². The molecule has 0 bridgehead atoms. The van der Waals surface area contributed by atoms with Gasteiger partial charge in [-0.15, -0.1) is 0 Å². The molecule has 0 unspecified atom stereocenters. The van der Waals surface area contributed by atoms with Gasteiger partial charge in [-0.2, -0.15) is 10.4 Å². The van der Waals surface area contributed by atoms with Crippen LogP contribution in [-0.2, 0) is 16.0 Å². The van der Waals surface area contributed by atoms with Crippen LogP contribution in [0.1, 0.15) is 17.5 Å². The molecule has 0 aliphatic rings. The minimum atomic E-state index is -1.48. The Morgan fingerprint density at radius 2 is 1.92 bits per heavy atom. The van der Waals surface area contributed by atoms with Crippen LogP contribution >= 0.6 is 0 Å². The standard InChI is InChI=1S/C18H14FN3O3/c19-14-8-13(11-20)9-15(10-14)21-22-17(18(24)25)16(23)7-6-12-4-2-1-3-5-12/h1-5,8-10,21H,6-7H2,(H,24,25). The molecule has 0 atom stereocenters. The first kappa shape index (κ1) is 17.8. The van der Waals surface area contributed by atoms with Gasteiger partial charge in [-0.25, -0.2) is 9.18 Å². The molecule has 0 saturated carbocycles. The van der Waals surface area contributed by atoms with Gasteiger partial charge in [-0.05, 0) is 30.2 Å². The van der Waals surface area contributed by atoms with E-state index in [1.807, 2.05) is 30.3 Å². The van der Waals surface area contributed by atoms with Gasteiger partial charge in [0.15, 0.2) is 5.78 Å². The van der Waals surface area contributed by atoms with E-state index in [1.165, 1.54) is 6.07 Å². The number of nitrogens with zero attached hydrogens (tertiary/aromatic N) is 2. The number of nitriles is 1. The number of carbonyl (C=O) groups excluding carboxylic acids is 1. The van der Waals surface area contributed by atoms with Gasteiger partial charge in [-0.1, -0.05) is 30.3 Å². The van der Waals surface area contributed by atoms with Crippen LogP contribution in [0.3, 0.4) is 0 Å². The van der Waals surface area contributed by atoms with E-state index < -0.39 is 23.3 Å². The molecule has 0 aliphatic heterocycles. The van der Waals surface area contributed by atoms with Gasteiger partial charge in [0.05, 0.1) is 17.3 Å². The van der Waals surface area contributed by atoms with Crippen LogP contribution in [0.2, 0.25) is 0 Å². The predicted molar refractivity (Wildman–Crippen MR) is 89.6 cm³/mol. The molecular weight excluding hydrogens is 325 g/mol. The quantitative estimate of drug-likeness (QED) is 0.459. The maximum atomic E-state index is 13.3. The number of rotatable bonds is 7. The van der Waals surface area contributed by atoms with Crippen molar-refractivity contribution in [3.8, 4) is 6.07 Å². The Bertz CT molecular complexity index is 858. The number of hydrazone groups is 1. The Morgan fingerprint density at radius 3 is 2.56 bits per heavy atom. The van der Waals surface area contributed by atoms with Gasteiger partial charge in [0.25, 0.3) is 0 Å². The summed E-state index contributed by atoms with van der Waals surface area (Å²) in [6.45, 7) is 0. The molecule has 0 fully saturated rings. The molecule has 0 spiro atoms. The lowest BCUT2D eigenvalue weighted by Crippen LogP contribution is -2.25. The van der Waals surface area contributed by atoms with E-state index in [9.17, 15) is 14.0 Å². The highest BCUT2D eigenvalue weighted by Gasteiger charge is 2.19. The van der Waals surface area contributed by atoms with E-state index >= 15 is 0 Å². The highest BCUT2D eigenvalue weighted by atomic mass is 19.1. The third-order valence-electron chi connectivity index (χ3n) is 3.27. The zero-order valence-electron chi connectivity index (χ0n) is 13.1. The number of aliphatic carboxylic acids is 1. The maximum absolute atomic E-state index is 13.3. The van der Waals surface area contributed by atoms with Crippen LogP contribution in [0.15, 0.2) is 53.6 Å². The molecule has 2 N–H and O–H groups in total. The molecule has 25 heavy (non-hydrogen) atoms. The van der Waals surface area contributed by atoms with Crippen molar-refractivity contribution < 1.29 is 19.1 Å². The van der Waals surface area contributed by atoms with Crippen LogP contribution in [-0.4, -0.2) is 22.6 Å². The van der Waals surface area contributed by atoms with E-state index in [0.29, 0.717) is 6.42 Å². The Kier molecular flexibility index (Phi) is 5.96. The third kappa shape index (κ3) is 5.25. The number of hydrogen-bond acceptors (Lipinski definition) is 5. The Balaban J connectivity index is 2.10. The van der Waals surface area contributed by atoms with E-state index in [1.54, 1.807) is 6.07 Å². The maximum Gasteiger partial charge on any atom is 0.360 e. The number of halogens is 1. The van der Waals surface area contributed by atoms with Crippen molar-refractivity contribution in [2.75, 3.05) is 5.43 Å². The number of nitrogens with one attached hydrogen (secondary N) is 1. The predicted octanol–water partition coefficient (Wildman–Crippen LogP) is 2.75. The molecule has 0 amide bonds. The lowest BCUT2D eigenvalue weighted by molar-refractivity contribution is -0.130. The number of benzene rings is 2. The number of carbonyl (C=O) groups is 2. The molecule has 0 aliphatic carbocycles. The summed E-state index contributed by atoms with van der Waals surface area (Å²) in [5.74, 6) is -2.81. The van der Waals surface area contributed by atoms with E-state index in [-0.39, 0.29) is 17.7 Å². The van der Waals surface area contributed by atoms with Gasteiger partial charge in [-0.3, -0.25) is 10.2 Å². The number of anilines is 1. The number of carboxylic acid groups (broad SMARTS) is 1. The number of carboxylic acids is 1.